The van der Waals surface area contributed by atoms with E-state index < -0.39 is 0 Å². The molecule has 1 aliphatic heterocycles. The molecule has 0 aromatic rings. The summed E-state index contributed by atoms with van der Waals surface area (Å²) in [6, 6.07) is 0.853. The minimum atomic E-state index is 0.577. The first-order valence-electron chi connectivity index (χ1n) is 9.98. The molecule has 1 unspecified atom stereocenters. The van der Waals surface area contributed by atoms with Gasteiger partial charge >= 0.3 is 0 Å². The molecular formula is C20H41N. The van der Waals surface area contributed by atoms with Crippen LogP contribution in [0.3, 0.4) is 0 Å². The summed E-state index contributed by atoms with van der Waals surface area (Å²) in [5.74, 6) is 0. The molecule has 0 aromatic carbocycles. The van der Waals surface area contributed by atoms with Crippen molar-refractivity contribution in [2.24, 2.45) is 5.41 Å². The highest BCUT2D eigenvalue weighted by Gasteiger charge is 2.38. The van der Waals surface area contributed by atoms with Gasteiger partial charge in [0.25, 0.3) is 0 Å². The van der Waals surface area contributed by atoms with Crippen molar-refractivity contribution in [1.29, 1.82) is 0 Å². The van der Waals surface area contributed by atoms with E-state index in [4.69, 9.17) is 0 Å². The SMILES string of the molecule is CCCCCCCCC(N1CCCC1)C(CC)(CC)CC. The second-order valence-electron chi connectivity index (χ2n) is 7.24. The van der Waals surface area contributed by atoms with E-state index in [2.05, 4.69) is 32.6 Å². The lowest BCUT2D eigenvalue weighted by atomic mass is 9.71. The van der Waals surface area contributed by atoms with Crippen LogP contribution in [0.4, 0.5) is 0 Å². The predicted octanol–water partition coefficient (Wildman–Crippen LogP) is 6.42. The zero-order valence-electron chi connectivity index (χ0n) is 15.4. The molecule has 1 heteroatoms. The molecule has 0 radical (unpaired) electrons. The van der Waals surface area contributed by atoms with Crippen molar-refractivity contribution in [3.63, 3.8) is 0 Å². The first-order chi connectivity index (χ1) is 10.2. The molecule has 0 amide bonds. The van der Waals surface area contributed by atoms with Crippen LogP contribution >= 0.6 is 0 Å². The molecular weight excluding hydrogens is 254 g/mol. The second-order valence-corrected chi connectivity index (χ2v) is 7.24. The van der Waals surface area contributed by atoms with Gasteiger partial charge in [-0.25, -0.2) is 0 Å². The van der Waals surface area contributed by atoms with Crippen LogP contribution in [0.5, 0.6) is 0 Å². The highest BCUT2D eigenvalue weighted by molar-refractivity contribution is 4.91. The molecule has 0 spiro atoms. The van der Waals surface area contributed by atoms with Crippen LogP contribution in [-0.4, -0.2) is 24.0 Å². The first-order valence-corrected chi connectivity index (χ1v) is 9.98. The number of nitrogens with zero attached hydrogens (tertiary/aromatic N) is 1. The van der Waals surface area contributed by atoms with Crippen LogP contribution in [0.25, 0.3) is 0 Å². The van der Waals surface area contributed by atoms with Crippen LogP contribution in [0.15, 0.2) is 0 Å². The molecule has 21 heavy (non-hydrogen) atoms. The first kappa shape index (κ1) is 19.0. The van der Waals surface area contributed by atoms with Gasteiger partial charge in [0.2, 0.25) is 0 Å². The molecule has 1 heterocycles. The summed E-state index contributed by atoms with van der Waals surface area (Å²) in [4.78, 5) is 2.85. The van der Waals surface area contributed by atoms with E-state index >= 15 is 0 Å². The standard InChI is InChI=1S/C20H41N/c1-5-9-10-11-12-13-16-19(21-17-14-15-18-21)20(6-2,7-3)8-4/h19H,5-18H2,1-4H3. The smallest absolute Gasteiger partial charge is 0.0151 e. The van der Waals surface area contributed by atoms with E-state index in [-0.39, 0.29) is 0 Å². The normalized spacial score (nSPS) is 18.3. The third kappa shape index (κ3) is 5.58. The summed E-state index contributed by atoms with van der Waals surface area (Å²) in [7, 11) is 0. The molecule has 1 saturated heterocycles. The fourth-order valence-electron chi connectivity index (χ4n) is 4.50. The number of hydrogen-bond donors (Lipinski definition) is 0. The van der Waals surface area contributed by atoms with Gasteiger partial charge in [0, 0.05) is 6.04 Å². The van der Waals surface area contributed by atoms with Crippen LogP contribution in [0.2, 0.25) is 0 Å². The minimum absolute atomic E-state index is 0.577. The van der Waals surface area contributed by atoms with E-state index in [1.54, 1.807) is 0 Å². The molecule has 0 N–H and O–H groups in total. The van der Waals surface area contributed by atoms with Crippen LogP contribution < -0.4 is 0 Å². The summed E-state index contributed by atoms with van der Waals surface area (Å²) in [5, 5.41) is 0. The van der Waals surface area contributed by atoms with Gasteiger partial charge in [-0.2, -0.15) is 0 Å². The zero-order chi connectivity index (χ0) is 15.6. The molecule has 1 aliphatic rings. The number of likely N-dealkylation sites (tertiary alicyclic amines) is 1. The molecule has 126 valence electrons. The number of hydrogen-bond acceptors (Lipinski definition) is 1. The van der Waals surface area contributed by atoms with Crippen molar-refractivity contribution in [1.82, 2.24) is 4.90 Å². The molecule has 1 atom stereocenters. The van der Waals surface area contributed by atoms with Crippen LogP contribution in [0, 0.1) is 5.41 Å². The molecule has 1 nitrogen and oxygen atoms in total. The average molecular weight is 296 g/mol. The van der Waals surface area contributed by atoms with Gasteiger partial charge in [0.15, 0.2) is 0 Å². The fraction of sp³-hybridized carbons (Fsp3) is 1.00. The Bertz CT molecular complexity index is 230. The van der Waals surface area contributed by atoms with E-state index in [1.807, 2.05) is 0 Å². The lowest BCUT2D eigenvalue weighted by Crippen LogP contribution is -2.46. The third-order valence-corrected chi connectivity index (χ3v) is 6.23. The molecule has 0 aromatic heterocycles. The van der Waals surface area contributed by atoms with Crippen molar-refractivity contribution in [2.75, 3.05) is 13.1 Å². The van der Waals surface area contributed by atoms with E-state index in [1.165, 1.54) is 90.1 Å². The van der Waals surface area contributed by atoms with Gasteiger partial charge in [0.1, 0.15) is 0 Å². The summed E-state index contributed by atoms with van der Waals surface area (Å²) in [6.07, 6.45) is 17.0. The molecule has 1 fully saturated rings. The Labute approximate surface area is 134 Å². The Morgan fingerprint density at radius 1 is 0.762 bits per heavy atom. The Morgan fingerprint density at radius 3 is 1.81 bits per heavy atom. The average Bonchev–Trinajstić information content (AvgIpc) is 3.04. The van der Waals surface area contributed by atoms with Gasteiger partial charge in [-0.3, -0.25) is 4.90 Å². The van der Waals surface area contributed by atoms with Crippen molar-refractivity contribution in [3.8, 4) is 0 Å². The minimum Gasteiger partial charge on any atom is -0.300 e. The number of unbranched alkanes of at least 4 members (excludes halogenated alkanes) is 5. The van der Waals surface area contributed by atoms with Gasteiger partial charge in [0.05, 0.1) is 0 Å². The van der Waals surface area contributed by atoms with Crippen LogP contribution in [-0.2, 0) is 0 Å². The Balaban J connectivity index is 2.52. The van der Waals surface area contributed by atoms with Gasteiger partial charge in [-0.05, 0) is 57.0 Å². The number of rotatable bonds is 12. The Kier molecular flexibility index (Phi) is 9.64. The lowest BCUT2D eigenvalue weighted by molar-refractivity contribution is 0.0576. The summed E-state index contributed by atoms with van der Waals surface area (Å²) < 4.78 is 0. The van der Waals surface area contributed by atoms with Crippen molar-refractivity contribution >= 4 is 0 Å². The topological polar surface area (TPSA) is 3.24 Å². The van der Waals surface area contributed by atoms with Crippen molar-refractivity contribution in [2.45, 2.75) is 111 Å². The Hall–Kier alpha value is -0.0400. The Morgan fingerprint density at radius 2 is 1.29 bits per heavy atom. The third-order valence-electron chi connectivity index (χ3n) is 6.23. The maximum absolute atomic E-state index is 2.85. The zero-order valence-corrected chi connectivity index (χ0v) is 15.4. The lowest BCUT2D eigenvalue weighted by Gasteiger charge is -2.44. The van der Waals surface area contributed by atoms with Crippen molar-refractivity contribution in [3.05, 3.63) is 0 Å². The highest BCUT2D eigenvalue weighted by atomic mass is 15.2. The summed E-state index contributed by atoms with van der Waals surface area (Å²) >= 11 is 0. The maximum atomic E-state index is 2.85. The van der Waals surface area contributed by atoms with E-state index in [0.29, 0.717) is 5.41 Å². The molecule has 0 bridgehead atoms. The largest absolute Gasteiger partial charge is 0.300 e. The molecule has 1 rings (SSSR count). The van der Waals surface area contributed by atoms with Gasteiger partial charge in [-0.15, -0.1) is 0 Å². The van der Waals surface area contributed by atoms with Gasteiger partial charge in [-0.1, -0.05) is 66.2 Å². The predicted molar refractivity (Wildman–Crippen MR) is 95.9 cm³/mol. The maximum Gasteiger partial charge on any atom is 0.0151 e. The van der Waals surface area contributed by atoms with Crippen LogP contribution in [0.1, 0.15) is 105 Å². The summed E-state index contributed by atoms with van der Waals surface area (Å²) in [5.41, 5.74) is 0.577. The van der Waals surface area contributed by atoms with Crippen molar-refractivity contribution < 1.29 is 0 Å². The summed E-state index contributed by atoms with van der Waals surface area (Å²) in [6.45, 7) is 12.3. The molecule has 0 saturated carbocycles. The van der Waals surface area contributed by atoms with Gasteiger partial charge < -0.3 is 0 Å². The van der Waals surface area contributed by atoms with E-state index in [0.717, 1.165) is 6.04 Å². The highest BCUT2D eigenvalue weighted by Crippen LogP contribution is 2.40. The monoisotopic (exact) mass is 295 g/mol. The quantitative estimate of drug-likeness (QED) is 0.376. The fourth-order valence-corrected chi connectivity index (χ4v) is 4.50. The van der Waals surface area contributed by atoms with E-state index in [9.17, 15) is 0 Å². The molecule has 0 aliphatic carbocycles. The second kappa shape index (κ2) is 10.6.